The molecule has 0 aliphatic carbocycles. The Hall–Kier alpha value is -2.43. The monoisotopic (exact) mass is 270 g/mol. The Morgan fingerprint density at radius 1 is 1.40 bits per heavy atom. The van der Waals surface area contributed by atoms with Crippen LogP contribution < -0.4 is 5.43 Å². The summed E-state index contributed by atoms with van der Waals surface area (Å²) >= 11 is 0. The Morgan fingerprint density at radius 2 is 2.10 bits per heavy atom. The number of hydrazone groups is 1. The Morgan fingerprint density at radius 3 is 2.70 bits per heavy atom. The van der Waals surface area contributed by atoms with E-state index in [-0.39, 0.29) is 5.91 Å². The van der Waals surface area contributed by atoms with E-state index in [4.69, 9.17) is 0 Å². The molecule has 5 nitrogen and oxygen atoms in total. The fourth-order valence-corrected chi connectivity index (χ4v) is 1.79. The summed E-state index contributed by atoms with van der Waals surface area (Å²) in [5, 5.41) is 8.19. The van der Waals surface area contributed by atoms with Crippen molar-refractivity contribution in [1.82, 2.24) is 15.2 Å². The molecule has 0 saturated heterocycles. The molecule has 1 amide bonds. The highest BCUT2D eigenvalue weighted by atomic mass is 16.2. The summed E-state index contributed by atoms with van der Waals surface area (Å²) in [4.78, 5) is 12.0. The molecule has 104 valence electrons. The summed E-state index contributed by atoms with van der Waals surface area (Å²) < 4.78 is 1.57. The highest BCUT2D eigenvalue weighted by molar-refractivity contribution is 5.93. The van der Waals surface area contributed by atoms with E-state index in [0.29, 0.717) is 5.69 Å². The number of hydrogen-bond donors (Lipinski definition) is 1. The summed E-state index contributed by atoms with van der Waals surface area (Å²) in [7, 11) is 1.75. The number of aromatic nitrogens is 2. The Balaban J connectivity index is 2.01. The van der Waals surface area contributed by atoms with Crippen LogP contribution in [0.1, 0.15) is 34.2 Å². The van der Waals surface area contributed by atoms with Crippen LogP contribution in [0.4, 0.5) is 0 Å². The second-order valence-electron chi connectivity index (χ2n) is 4.61. The summed E-state index contributed by atoms with van der Waals surface area (Å²) in [6.45, 7) is 4.02. The molecule has 20 heavy (non-hydrogen) atoms. The minimum atomic E-state index is -0.261. The van der Waals surface area contributed by atoms with Crippen LogP contribution in [0.15, 0.2) is 35.4 Å². The van der Waals surface area contributed by atoms with E-state index in [2.05, 4.69) is 15.6 Å². The lowest BCUT2D eigenvalue weighted by Gasteiger charge is -1.99. The van der Waals surface area contributed by atoms with Crippen LogP contribution >= 0.6 is 0 Å². The lowest BCUT2D eigenvalue weighted by atomic mass is 10.2. The largest absolute Gasteiger partial charge is 0.289 e. The fourth-order valence-electron chi connectivity index (χ4n) is 1.79. The zero-order chi connectivity index (χ0) is 14.5. The molecule has 0 atom stereocenters. The SMILES string of the molecule is CCc1cc(C(=O)N/N=C/c2ccc(C)cc2)n(C)n1. The molecule has 0 spiro atoms. The normalized spacial score (nSPS) is 10.9. The van der Waals surface area contributed by atoms with Crippen molar-refractivity contribution in [1.29, 1.82) is 0 Å². The predicted octanol–water partition coefficient (Wildman–Crippen LogP) is 2.05. The van der Waals surface area contributed by atoms with Crippen LogP contribution in [-0.2, 0) is 13.5 Å². The van der Waals surface area contributed by atoms with Gasteiger partial charge in [-0.25, -0.2) is 5.43 Å². The van der Waals surface area contributed by atoms with Gasteiger partial charge in [-0.1, -0.05) is 36.8 Å². The predicted molar refractivity (Wildman–Crippen MR) is 78.8 cm³/mol. The van der Waals surface area contributed by atoms with Crippen molar-refractivity contribution in [3.05, 3.63) is 52.8 Å². The van der Waals surface area contributed by atoms with Crippen LogP contribution in [0.25, 0.3) is 0 Å². The molecule has 1 aromatic carbocycles. The van der Waals surface area contributed by atoms with Crippen molar-refractivity contribution in [3.8, 4) is 0 Å². The Bertz CT molecular complexity index is 626. The molecule has 0 radical (unpaired) electrons. The molecular weight excluding hydrogens is 252 g/mol. The van der Waals surface area contributed by atoms with Gasteiger partial charge in [-0.2, -0.15) is 10.2 Å². The van der Waals surface area contributed by atoms with Crippen LogP contribution in [0.5, 0.6) is 0 Å². The molecule has 0 bridgehead atoms. The molecule has 2 aromatic rings. The first-order valence-electron chi connectivity index (χ1n) is 6.53. The smallest absolute Gasteiger partial charge is 0.266 e. The molecule has 0 unspecified atom stereocenters. The maximum atomic E-state index is 12.0. The van der Waals surface area contributed by atoms with E-state index in [1.165, 1.54) is 5.56 Å². The molecule has 1 heterocycles. The molecule has 0 aliphatic rings. The van der Waals surface area contributed by atoms with Gasteiger partial charge >= 0.3 is 0 Å². The van der Waals surface area contributed by atoms with Crippen LogP contribution in [-0.4, -0.2) is 21.9 Å². The van der Waals surface area contributed by atoms with Gasteiger partial charge in [0.2, 0.25) is 0 Å². The van der Waals surface area contributed by atoms with Crippen molar-refractivity contribution in [2.24, 2.45) is 12.1 Å². The second kappa shape index (κ2) is 6.14. The number of amides is 1. The zero-order valence-electron chi connectivity index (χ0n) is 11.9. The van der Waals surface area contributed by atoms with E-state index in [9.17, 15) is 4.79 Å². The summed E-state index contributed by atoms with van der Waals surface area (Å²) in [5.74, 6) is -0.261. The van der Waals surface area contributed by atoms with Gasteiger partial charge in [0.1, 0.15) is 5.69 Å². The van der Waals surface area contributed by atoms with E-state index < -0.39 is 0 Å². The topological polar surface area (TPSA) is 59.3 Å². The van der Waals surface area contributed by atoms with Gasteiger partial charge < -0.3 is 0 Å². The summed E-state index contributed by atoms with van der Waals surface area (Å²) in [5.41, 5.74) is 6.03. The zero-order valence-corrected chi connectivity index (χ0v) is 11.9. The number of carbonyl (C=O) groups excluding carboxylic acids is 1. The Kier molecular flexibility index (Phi) is 4.30. The van der Waals surface area contributed by atoms with Gasteiger partial charge in [0, 0.05) is 7.05 Å². The molecule has 1 aromatic heterocycles. The van der Waals surface area contributed by atoms with Crippen molar-refractivity contribution in [2.45, 2.75) is 20.3 Å². The van der Waals surface area contributed by atoms with Gasteiger partial charge in [0.15, 0.2) is 0 Å². The van der Waals surface area contributed by atoms with E-state index >= 15 is 0 Å². The molecule has 2 rings (SSSR count). The van der Waals surface area contributed by atoms with Gasteiger partial charge in [0.05, 0.1) is 11.9 Å². The van der Waals surface area contributed by atoms with Gasteiger partial charge in [-0.15, -0.1) is 0 Å². The minimum Gasteiger partial charge on any atom is -0.266 e. The molecule has 0 aliphatic heterocycles. The lowest BCUT2D eigenvalue weighted by Crippen LogP contribution is -2.20. The van der Waals surface area contributed by atoms with Gasteiger partial charge in [-0.3, -0.25) is 9.48 Å². The summed E-state index contributed by atoms with van der Waals surface area (Å²) in [6, 6.07) is 9.67. The number of nitrogens with one attached hydrogen (secondary N) is 1. The number of nitrogens with zero attached hydrogens (tertiary/aromatic N) is 3. The lowest BCUT2D eigenvalue weighted by molar-refractivity contribution is 0.0945. The third-order valence-corrected chi connectivity index (χ3v) is 2.98. The molecule has 0 saturated carbocycles. The van der Waals surface area contributed by atoms with Crippen LogP contribution in [0.2, 0.25) is 0 Å². The quantitative estimate of drug-likeness (QED) is 0.683. The number of aryl methyl sites for hydroxylation is 3. The minimum absolute atomic E-state index is 0.261. The first kappa shape index (κ1) is 14.0. The van der Waals surface area contributed by atoms with Crippen LogP contribution in [0, 0.1) is 6.92 Å². The van der Waals surface area contributed by atoms with Gasteiger partial charge in [-0.05, 0) is 25.0 Å². The molecule has 5 heteroatoms. The maximum absolute atomic E-state index is 12.0. The standard InChI is InChI=1S/C15H18N4O/c1-4-13-9-14(19(3)18-13)15(20)17-16-10-12-7-5-11(2)6-8-12/h5-10H,4H2,1-3H3,(H,17,20)/b16-10+. The molecule has 1 N–H and O–H groups in total. The van der Waals surface area contributed by atoms with Crippen molar-refractivity contribution in [2.75, 3.05) is 0 Å². The van der Waals surface area contributed by atoms with E-state index in [1.807, 2.05) is 38.1 Å². The highest BCUT2D eigenvalue weighted by Crippen LogP contribution is 2.04. The van der Waals surface area contributed by atoms with Crippen molar-refractivity contribution >= 4 is 12.1 Å². The second-order valence-corrected chi connectivity index (χ2v) is 4.61. The fraction of sp³-hybridized carbons (Fsp3) is 0.267. The number of carbonyl (C=O) groups is 1. The highest BCUT2D eigenvalue weighted by Gasteiger charge is 2.11. The number of rotatable bonds is 4. The third kappa shape index (κ3) is 3.32. The average Bonchev–Trinajstić information content (AvgIpc) is 2.82. The number of benzene rings is 1. The van der Waals surface area contributed by atoms with E-state index in [1.54, 1.807) is 24.0 Å². The summed E-state index contributed by atoms with van der Waals surface area (Å²) in [6.07, 6.45) is 2.42. The van der Waals surface area contributed by atoms with E-state index in [0.717, 1.165) is 17.7 Å². The third-order valence-electron chi connectivity index (χ3n) is 2.98. The molecular formula is C15H18N4O. The maximum Gasteiger partial charge on any atom is 0.289 e. The number of hydrogen-bond acceptors (Lipinski definition) is 3. The van der Waals surface area contributed by atoms with Crippen molar-refractivity contribution < 1.29 is 4.79 Å². The first-order chi connectivity index (χ1) is 9.60. The first-order valence-corrected chi connectivity index (χ1v) is 6.53. The molecule has 0 fully saturated rings. The van der Waals surface area contributed by atoms with Crippen molar-refractivity contribution in [3.63, 3.8) is 0 Å². The Labute approximate surface area is 118 Å². The van der Waals surface area contributed by atoms with Gasteiger partial charge in [0.25, 0.3) is 5.91 Å². The average molecular weight is 270 g/mol. The van der Waals surface area contributed by atoms with Crippen LogP contribution in [0.3, 0.4) is 0 Å².